The Labute approximate surface area is 134 Å². The van der Waals surface area contributed by atoms with Crippen LogP contribution in [-0.2, 0) is 11.2 Å². The number of nitrogens with zero attached hydrogens (tertiary/aromatic N) is 1. The Morgan fingerprint density at radius 3 is 2.61 bits per heavy atom. The van der Waals surface area contributed by atoms with E-state index in [0.29, 0.717) is 17.7 Å². The van der Waals surface area contributed by atoms with Gasteiger partial charge in [0.05, 0.1) is 13.3 Å². The molecule has 0 aliphatic rings. The fourth-order valence-corrected chi connectivity index (χ4v) is 1.91. The first-order chi connectivity index (χ1) is 11.1. The van der Waals surface area contributed by atoms with E-state index >= 15 is 0 Å². The van der Waals surface area contributed by atoms with Crippen LogP contribution in [0.15, 0.2) is 47.6 Å². The van der Waals surface area contributed by atoms with Crippen LogP contribution in [0.1, 0.15) is 17.5 Å². The van der Waals surface area contributed by atoms with Crippen molar-refractivity contribution in [3.8, 4) is 17.2 Å². The maximum absolute atomic E-state index is 11.7. The summed E-state index contributed by atoms with van der Waals surface area (Å²) in [7, 11) is 1.51. The second-order valence-corrected chi connectivity index (χ2v) is 4.88. The molecule has 6 nitrogen and oxygen atoms in total. The molecule has 3 N–H and O–H groups in total. The molecule has 0 radical (unpaired) electrons. The van der Waals surface area contributed by atoms with E-state index in [9.17, 15) is 15.0 Å². The van der Waals surface area contributed by atoms with Crippen molar-refractivity contribution in [1.82, 2.24) is 5.43 Å². The molecule has 0 fully saturated rings. The number of hydrazone groups is 1. The predicted octanol–water partition coefficient (Wildman–Crippen LogP) is 2.19. The van der Waals surface area contributed by atoms with Gasteiger partial charge in [-0.1, -0.05) is 12.1 Å². The summed E-state index contributed by atoms with van der Waals surface area (Å²) >= 11 is 0. The highest BCUT2D eigenvalue weighted by molar-refractivity contribution is 5.85. The number of benzene rings is 2. The molecule has 0 spiro atoms. The molecule has 2 rings (SSSR count). The molecule has 6 heteroatoms. The molecule has 0 atom stereocenters. The van der Waals surface area contributed by atoms with Crippen LogP contribution in [-0.4, -0.2) is 29.4 Å². The normalized spacial score (nSPS) is 10.7. The third kappa shape index (κ3) is 5.03. The first-order valence-electron chi connectivity index (χ1n) is 7.05. The maximum atomic E-state index is 11.7. The molecule has 0 aromatic heterocycles. The van der Waals surface area contributed by atoms with E-state index in [4.69, 9.17) is 4.74 Å². The lowest BCUT2D eigenvalue weighted by molar-refractivity contribution is -0.121. The third-order valence-electron chi connectivity index (χ3n) is 3.21. The number of carbonyl (C=O) groups excluding carboxylic acids is 1. The molecular weight excluding hydrogens is 296 g/mol. The highest BCUT2D eigenvalue weighted by Gasteiger charge is 2.03. The van der Waals surface area contributed by atoms with Crippen LogP contribution in [0, 0.1) is 0 Å². The Morgan fingerprint density at radius 1 is 1.22 bits per heavy atom. The van der Waals surface area contributed by atoms with E-state index in [1.54, 1.807) is 36.4 Å². The molecule has 120 valence electrons. The van der Waals surface area contributed by atoms with Crippen LogP contribution in [0.4, 0.5) is 0 Å². The number of amides is 1. The molecule has 0 saturated carbocycles. The lowest BCUT2D eigenvalue weighted by Crippen LogP contribution is -2.17. The fraction of sp³-hybridized carbons (Fsp3) is 0.176. The Balaban J connectivity index is 1.83. The minimum absolute atomic E-state index is 0.0199. The number of phenols is 2. The summed E-state index contributed by atoms with van der Waals surface area (Å²) in [4.78, 5) is 11.7. The van der Waals surface area contributed by atoms with Gasteiger partial charge in [-0.15, -0.1) is 0 Å². The lowest BCUT2D eigenvalue weighted by atomic mass is 10.1. The Bertz CT molecular complexity index is 696. The molecule has 2 aromatic rings. The zero-order chi connectivity index (χ0) is 16.7. The summed E-state index contributed by atoms with van der Waals surface area (Å²) < 4.78 is 4.98. The Morgan fingerprint density at radius 2 is 1.96 bits per heavy atom. The van der Waals surface area contributed by atoms with Crippen molar-refractivity contribution in [1.29, 1.82) is 0 Å². The minimum Gasteiger partial charge on any atom is -0.508 e. The van der Waals surface area contributed by atoms with Gasteiger partial charge in [0.1, 0.15) is 17.2 Å². The van der Waals surface area contributed by atoms with Crippen LogP contribution < -0.4 is 10.2 Å². The molecule has 1 amide bonds. The van der Waals surface area contributed by atoms with Gasteiger partial charge in [-0.3, -0.25) is 4.79 Å². The Kier molecular flexibility index (Phi) is 5.57. The van der Waals surface area contributed by atoms with Crippen LogP contribution in [0.5, 0.6) is 17.2 Å². The third-order valence-corrected chi connectivity index (χ3v) is 3.21. The largest absolute Gasteiger partial charge is 0.508 e. The molecule has 2 aromatic carbocycles. The quantitative estimate of drug-likeness (QED) is 0.563. The van der Waals surface area contributed by atoms with Crippen LogP contribution in [0.3, 0.4) is 0 Å². The van der Waals surface area contributed by atoms with Crippen molar-refractivity contribution in [3.63, 3.8) is 0 Å². The fourth-order valence-electron chi connectivity index (χ4n) is 1.91. The maximum Gasteiger partial charge on any atom is 0.240 e. The Hall–Kier alpha value is -3.02. The average Bonchev–Trinajstić information content (AvgIpc) is 2.55. The van der Waals surface area contributed by atoms with E-state index in [-0.39, 0.29) is 23.8 Å². The van der Waals surface area contributed by atoms with Crippen molar-refractivity contribution < 1.29 is 19.7 Å². The number of rotatable bonds is 6. The summed E-state index contributed by atoms with van der Waals surface area (Å²) in [5.74, 6) is 0.522. The number of aryl methyl sites for hydroxylation is 1. The number of nitrogens with one attached hydrogen (secondary N) is 1. The monoisotopic (exact) mass is 314 g/mol. The molecule has 0 heterocycles. The van der Waals surface area contributed by atoms with Crippen LogP contribution in [0.2, 0.25) is 0 Å². The smallest absolute Gasteiger partial charge is 0.240 e. The number of phenolic OH excluding ortho intramolecular Hbond substituents is 2. The minimum atomic E-state index is -0.234. The predicted molar refractivity (Wildman–Crippen MR) is 86.8 cm³/mol. The summed E-state index contributed by atoms with van der Waals surface area (Å²) in [6.07, 6.45) is 2.19. The first-order valence-corrected chi connectivity index (χ1v) is 7.05. The van der Waals surface area contributed by atoms with Crippen molar-refractivity contribution >= 4 is 12.1 Å². The molecular formula is C17H18N2O4. The SMILES string of the molecule is COc1ccc(/C=N/NC(=O)CCc2ccc(O)cc2)c(O)c1. The summed E-state index contributed by atoms with van der Waals surface area (Å²) in [5.41, 5.74) is 3.84. The van der Waals surface area contributed by atoms with Gasteiger partial charge in [0.2, 0.25) is 5.91 Å². The molecule has 0 bridgehead atoms. The second kappa shape index (κ2) is 7.84. The molecule has 0 aliphatic carbocycles. The van der Waals surface area contributed by atoms with Gasteiger partial charge >= 0.3 is 0 Å². The van der Waals surface area contributed by atoms with Crippen molar-refractivity contribution in [3.05, 3.63) is 53.6 Å². The molecule has 0 aliphatic heterocycles. The van der Waals surface area contributed by atoms with Gasteiger partial charge in [0.25, 0.3) is 0 Å². The first kappa shape index (κ1) is 16.4. The zero-order valence-corrected chi connectivity index (χ0v) is 12.7. The van der Waals surface area contributed by atoms with E-state index in [0.717, 1.165) is 5.56 Å². The number of methoxy groups -OCH3 is 1. The van der Waals surface area contributed by atoms with Crippen molar-refractivity contribution in [2.45, 2.75) is 12.8 Å². The number of aromatic hydroxyl groups is 2. The van der Waals surface area contributed by atoms with Gasteiger partial charge in [-0.25, -0.2) is 5.43 Å². The van der Waals surface area contributed by atoms with E-state index in [2.05, 4.69) is 10.5 Å². The second-order valence-electron chi connectivity index (χ2n) is 4.88. The molecule has 0 unspecified atom stereocenters. The highest BCUT2D eigenvalue weighted by Crippen LogP contribution is 2.21. The van der Waals surface area contributed by atoms with Crippen molar-refractivity contribution in [2.75, 3.05) is 7.11 Å². The topological polar surface area (TPSA) is 91.2 Å². The van der Waals surface area contributed by atoms with Gasteiger partial charge < -0.3 is 14.9 Å². The van der Waals surface area contributed by atoms with Gasteiger partial charge in [0.15, 0.2) is 0 Å². The van der Waals surface area contributed by atoms with Gasteiger partial charge in [-0.05, 0) is 36.2 Å². The zero-order valence-electron chi connectivity index (χ0n) is 12.7. The standard InChI is InChI=1S/C17H18N2O4/c1-23-15-8-5-13(16(21)10-15)11-18-19-17(22)9-4-12-2-6-14(20)7-3-12/h2-3,5-8,10-11,20-21H,4,9H2,1H3,(H,19,22)/b18-11+. The average molecular weight is 314 g/mol. The van der Waals surface area contributed by atoms with E-state index in [1.165, 1.54) is 19.4 Å². The number of hydrogen-bond acceptors (Lipinski definition) is 5. The summed E-state index contributed by atoms with van der Waals surface area (Å²) in [5, 5.41) is 22.8. The molecule has 23 heavy (non-hydrogen) atoms. The van der Waals surface area contributed by atoms with Gasteiger partial charge in [0, 0.05) is 18.1 Å². The number of carbonyl (C=O) groups is 1. The number of ether oxygens (including phenoxy) is 1. The van der Waals surface area contributed by atoms with Crippen LogP contribution >= 0.6 is 0 Å². The summed E-state index contributed by atoms with van der Waals surface area (Å²) in [6, 6.07) is 11.5. The van der Waals surface area contributed by atoms with Gasteiger partial charge in [-0.2, -0.15) is 5.10 Å². The van der Waals surface area contributed by atoms with Crippen LogP contribution in [0.25, 0.3) is 0 Å². The summed E-state index contributed by atoms with van der Waals surface area (Å²) in [6.45, 7) is 0. The highest BCUT2D eigenvalue weighted by atomic mass is 16.5. The lowest BCUT2D eigenvalue weighted by Gasteiger charge is -2.03. The molecule has 0 saturated heterocycles. The van der Waals surface area contributed by atoms with E-state index in [1.807, 2.05) is 0 Å². The van der Waals surface area contributed by atoms with Crippen molar-refractivity contribution in [2.24, 2.45) is 5.10 Å². The number of hydrogen-bond donors (Lipinski definition) is 3. The van der Waals surface area contributed by atoms with E-state index < -0.39 is 0 Å².